The number of epoxide rings is 1. The Morgan fingerprint density at radius 1 is 1.25 bits per heavy atom. The summed E-state index contributed by atoms with van der Waals surface area (Å²) >= 11 is 0. The third-order valence-electron chi connectivity index (χ3n) is 5.60. The topological polar surface area (TPSA) is 193 Å². The maximum Gasteiger partial charge on any atom is 0.301 e. The minimum absolute atomic E-state index is 0.149. The van der Waals surface area contributed by atoms with Crippen molar-refractivity contribution < 1.29 is 32.9 Å². The lowest BCUT2D eigenvalue weighted by atomic mass is 10.1. The Hall–Kier alpha value is -3.65. The van der Waals surface area contributed by atoms with Crippen molar-refractivity contribution in [1.29, 1.82) is 0 Å². The molecular weight excluding hydrogens is 494 g/mol. The standard InChI is InChI=1S/C21H21N7O7S/c1-2-11-4-3-5-12(6-11)26-18-15-19(23-9-22-18)28(10-24-15)21-17(30)16(29)13(35-21)7-25-36(32,33)27-20(31)14-8-34-14/h1,3-6,9-10,13-14,16-17,21,25,29-30H,7-8H2,(H,27,31)(H,22,23,26). The number of carbonyl (C=O) groups excluding carboxylic acids is 1. The first-order chi connectivity index (χ1) is 17.3. The van der Waals surface area contributed by atoms with Crippen LogP contribution in [0.3, 0.4) is 0 Å². The Morgan fingerprint density at radius 3 is 2.81 bits per heavy atom. The monoisotopic (exact) mass is 515 g/mol. The fourth-order valence-electron chi connectivity index (χ4n) is 3.71. The molecule has 2 aliphatic rings. The molecule has 5 atom stereocenters. The molecule has 15 heteroatoms. The van der Waals surface area contributed by atoms with Gasteiger partial charge in [-0.1, -0.05) is 12.0 Å². The number of ether oxygens (including phenoxy) is 2. The molecule has 36 heavy (non-hydrogen) atoms. The van der Waals surface area contributed by atoms with E-state index in [1.807, 2.05) is 4.72 Å². The van der Waals surface area contributed by atoms with Crippen LogP contribution in [0.25, 0.3) is 11.2 Å². The third kappa shape index (κ3) is 4.86. The Bertz CT molecular complexity index is 1450. The van der Waals surface area contributed by atoms with E-state index in [2.05, 4.69) is 30.9 Å². The number of aliphatic hydroxyl groups is 2. The lowest BCUT2D eigenvalue weighted by molar-refractivity contribution is -0.120. The number of nitrogens with zero attached hydrogens (tertiary/aromatic N) is 4. The highest BCUT2D eigenvalue weighted by Gasteiger charge is 2.45. The number of benzene rings is 1. The average molecular weight is 516 g/mol. The average Bonchev–Trinajstić information content (AvgIpc) is 3.57. The number of fused-ring (bicyclic) bond motifs is 1. The molecule has 2 aliphatic heterocycles. The van der Waals surface area contributed by atoms with E-state index in [1.54, 1.807) is 24.3 Å². The summed E-state index contributed by atoms with van der Waals surface area (Å²) in [5, 5.41) is 24.2. The van der Waals surface area contributed by atoms with Crippen molar-refractivity contribution in [3.05, 3.63) is 42.5 Å². The van der Waals surface area contributed by atoms with Crippen molar-refractivity contribution >= 4 is 38.8 Å². The summed E-state index contributed by atoms with van der Waals surface area (Å²) in [6.07, 6.45) is 2.20. The van der Waals surface area contributed by atoms with E-state index < -0.39 is 53.3 Å². The van der Waals surface area contributed by atoms with Gasteiger partial charge in [0.15, 0.2) is 29.3 Å². The van der Waals surface area contributed by atoms with Gasteiger partial charge in [-0.25, -0.2) is 19.7 Å². The van der Waals surface area contributed by atoms with Crippen LogP contribution in [0.5, 0.6) is 0 Å². The molecule has 5 N–H and O–H groups in total. The Morgan fingerprint density at radius 2 is 2.06 bits per heavy atom. The Labute approximate surface area is 204 Å². The first-order valence-electron chi connectivity index (χ1n) is 10.7. The maximum atomic E-state index is 12.1. The summed E-state index contributed by atoms with van der Waals surface area (Å²) in [5.74, 6) is 2.13. The van der Waals surface area contributed by atoms with E-state index in [1.165, 1.54) is 17.2 Å². The lowest BCUT2D eigenvalue weighted by Gasteiger charge is -2.16. The minimum atomic E-state index is -4.22. The lowest BCUT2D eigenvalue weighted by Crippen LogP contribution is -2.46. The van der Waals surface area contributed by atoms with E-state index in [0.717, 1.165) is 0 Å². The fraction of sp³-hybridized carbons (Fsp3) is 0.333. The molecule has 2 aromatic heterocycles. The number of imidazole rings is 1. The molecule has 5 rings (SSSR count). The van der Waals surface area contributed by atoms with Gasteiger partial charge in [0.05, 0.1) is 12.9 Å². The number of carbonyl (C=O) groups is 1. The van der Waals surface area contributed by atoms with E-state index in [4.69, 9.17) is 15.9 Å². The van der Waals surface area contributed by atoms with Gasteiger partial charge in [0.1, 0.15) is 24.6 Å². The van der Waals surface area contributed by atoms with E-state index in [0.29, 0.717) is 28.2 Å². The normalized spacial score (nSPS) is 25.4. The second-order valence-corrected chi connectivity index (χ2v) is 9.58. The molecule has 0 aliphatic carbocycles. The van der Waals surface area contributed by atoms with Crippen molar-refractivity contribution in [2.75, 3.05) is 18.5 Å². The highest BCUT2D eigenvalue weighted by atomic mass is 32.2. The van der Waals surface area contributed by atoms with Crippen molar-refractivity contribution in [2.45, 2.75) is 30.6 Å². The predicted molar refractivity (Wildman–Crippen MR) is 124 cm³/mol. The second kappa shape index (κ2) is 9.43. The van der Waals surface area contributed by atoms with E-state index in [-0.39, 0.29) is 6.61 Å². The van der Waals surface area contributed by atoms with Crippen molar-refractivity contribution in [3.8, 4) is 12.3 Å². The predicted octanol–water partition coefficient (Wildman–Crippen LogP) is -1.48. The number of hydrogen-bond acceptors (Lipinski definition) is 11. The van der Waals surface area contributed by atoms with Gasteiger partial charge in [-0.15, -0.1) is 6.42 Å². The quantitative estimate of drug-likeness (QED) is 0.173. The second-order valence-electron chi connectivity index (χ2n) is 8.08. The zero-order valence-corrected chi connectivity index (χ0v) is 19.3. The summed E-state index contributed by atoms with van der Waals surface area (Å²) in [4.78, 5) is 24.4. The molecule has 0 saturated carbocycles. The number of anilines is 2. The van der Waals surface area contributed by atoms with Crippen LogP contribution in [0, 0.1) is 12.3 Å². The molecule has 4 heterocycles. The van der Waals surface area contributed by atoms with Gasteiger partial charge >= 0.3 is 10.2 Å². The number of amides is 1. The molecule has 3 aromatic rings. The summed E-state index contributed by atoms with van der Waals surface area (Å²) in [6, 6.07) is 7.14. The highest BCUT2D eigenvalue weighted by Crippen LogP contribution is 2.32. The SMILES string of the molecule is C#Cc1cccc(Nc2ncnc3c2ncn3C2OC(CNS(=O)(=O)NC(=O)C3CO3)C(O)C2O)c1. The van der Waals surface area contributed by atoms with Crippen LogP contribution in [0.1, 0.15) is 11.8 Å². The van der Waals surface area contributed by atoms with Gasteiger partial charge in [0, 0.05) is 17.8 Å². The molecule has 0 radical (unpaired) electrons. The molecule has 2 fully saturated rings. The molecule has 1 aromatic carbocycles. The van der Waals surface area contributed by atoms with Crippen LogP contribution >= 0.6 is 0 Å². The number of aromatic nitrogens is 4. The first-order valence-corrected chi connectivity index (χ1v) is 12.2. The zero-order chi connectivity index (χ0) is 25.4. The smallest absolute Gasteiger partial charge is 0.301 e. The Balaban J connectivity index is 1.31. The Kier molecular flexibility index (Phi) is 6.30. The molecule has 1 amide bonds. The van der Waals surface area contributed by atoms with Crippen molar-refractivity contribution in [2.24, 2.45) is 0 Å². The van der Waals surface area contributed by atoms with E-state index >= 15 is 0 Å². The van der Waals surface area contributed by atoms with Gasteiger partial charge in [-0.05, 0) is 18.2 Å². The fourth-order valence-corrected chi connectivity index (χ4v) is 4.56. The van der Waals surface area contributed by atoms with Crippen LogP contribution in [0.4, 0.5) is 11.5 Å². The van der Waals surface area contributed by atoms with Gasteiger partial charge in [0.25, 0.3) is 5.91 Å². The molecule has 2 saturated heterocycles. The summed E-state index contributed by atoms with van der Waals surface area (Å²) in [5.41, 5.74) is 2.02. The zero-order valence-electron chi connectivity index (χ0n) is 18.5. The highest BCUT2D eigenvalue weighted by molar-refractivity contribution is 7.88. The maximum absolute atomic E-state index is 12.1. The third-order valence-corrected chi connectivity index (χ3v) is 6.61. The number of hydrogen-bond donors (Lipinski definition) is 5. The molecule has 0 bridgehead atoms. The number of aliphatic hydroxyl groups excluding tert-OH is 2. The molecular formula is C21H21N7O7S. The van der Waals surface area contributed by atoms with Crippen LogP contribution < -0.4 is 14.8 Å². The van der Waals surface area contributed by atoms with Gasteiger partial charge in [-0.3, -0.25) is 9.36 Å². The van der Waals surface area contributed by atoms with Gasteiger partial charge < -0.3 is 25.0 Å². The minimum Gasteiger partial charge on any atom is -0.387 e. The van der Waals surface area contributed by atoms with Gasteiger partial charge in [-0.2, -0.15) is 13.1 Å². The van der Waals surface area contributed by atoms with Crippen molar-refractivity contribution in [3.63, 3.8) is 0 Å². The number of nitrogens with one attached hydrogen (secondary N) is 3. The van der Waals surface area contributed by atoms with Crippen LogP contribution in [0.15, 0.2) is 36.9 Å². The summed E-state index contributed by atoms with van der Waals surface area (Å²) in [6.45, 7) is -0.264. The number of terminal acetylenes is 1. The molecule has 14 nitrogen and oxygen atoms in total. The summed E-state index contributed by atoms with van der Waals surface area (Å²) in [7, 11) is -4.22. The van der Waals surface area contributed by atoms with Crippen LogP contribution in [-0.2, 0) is 24.5 Å². The molecule has 5 unspecified atom stereocenters. The van der Waals surface area contributed by atoms with E-state index in [9.17, 15) is 23.4 Å². The number of rotatable bonds is 8. The summed E-state index contributed by atoms with van der Waals surface area (Å²) < 4.78 is 40.0. The largest absolute Gasteiger partial charge is 0.387 e. The van der Waals surface area contributed by atoms with Gasteiger partial charge in [0.2, 0.25) is 0 Å². The molecule has 0 spiro atoms. The van der Waals surface area contributed by atoms with Crippen molar-refractivity contribution in [1.82, 2.24) is 29.0 Å². The molecule has 188 valence electrons. The van der Waals surface area contributed by atoms with Crippen LogP contribution in [0.2, 0.25) is 0 Å². The first kappa shape index (κ1) is 24.1. The van der Waals surface area contributed by atoms with Crippen LogP contribution in [-0.4, -0.2) is 81.6 Å².